The molecule has 26 heavy (non-hydrogen) atoms. The molecule has 0 fully saturated rings. The summed E-state index contributed by atoms with van der Waals surface area (Å²) in [5.74, 6) is -0.227. The zero-order valence-electron chi connectivity index (χ0n) is 15.0. The Bertz CT molecular complexity index is 847. The van der Waals surface area contributed by atoms with Crippen LogP contribution in [0.5, 0.6) is 0 Å². The second-order valence-electron chi connectivity index (χ2n) is 6.51. The molecule has 0 radical (unpaired) electrons. The summed E-state index contributed by atoms with van der Waals surface area (Å²) in [6, 6.07) is 13.6. The van der Waals surface area contributed by atoms with E-state index in [0.717, 1.165) is 10.0 Å². The third-order valence-electron chi connectivity index (χ3n) is 3.65. The van der Waals surface area contributed by atoms with Crippen molar-refractivity contribution < 1.29 is 13.2 Å². The van der Waals surface area contributed by atoms with Gasteiger partial charge in [0.1, 0.15) is 0 Å². The van der Waals surface area contributed by atoms with Crippen LogP contribution >= 0.6 is 15.9 Å². The number of carbonyl (C=O) groups is 1. The Labute approximate surface area is 163 Å². The van der Waals surface area contributed by atoms with E-state index in [1.807, 2.05) is 31.2 Å². The van der Waals surface area contributed by atoms with Gasteiger partial charge in [-0.25, -0.2) is 13.1 Å². The summed E-state index contributed by atoms with van der Waals surface area (Å²) in [6.07, 6.45) is 0.712. The summed E-state index contributed by atoms with van der Waals surface area (Å²) in [6.45, 7) is 5.45. The Balaban J connectivity index is 2.00. The standard InChI is InChI=1S/C19H23BrN2O3S/c1-13(2)22-26(24,25)18-10-6-16(7-11-18)19(23)21-14(3)12-15-4-8-17(20)9-5-15/h4-11,13-14,22H,12H2,1-3H3,(H,21,23). The quantitative estimate of drug-likeness (QED) is 0.694. The molecule has 1 amide bonds. The van der Waals surface area contributed by atoms with E-state index in [2.05, 4.69) is 26.0 Å². The number of amides is 1. The van der Waals surface area contributed by atoms with Crippen molar-refractivity contribution in [2.24, 2.45) is 0 Å². The van der Waals surface area contributed by atoms with Gasteiger partial charge in [-0.05, 0) is 69.2 Å². The van der Waals surface area contributed by atoms with E-state index in [9.17, 15) is 13.2 Å². The van der Waals surface area contributed by atoms with E-state index >= 15 is 0 Å². The van der Waals surface area contributed by atoms with Crippen molar-refractivity contribution >= 4 is 31.9 Å². The number of halogens is 1. The molecular formula is C19H23BrN2O3S. The fourth-order valence-electron chi connectivity index (χ4n) is 2.50. The van der Waals surface area contributed by atoms with E-state index in [-0.39, 0.29) is 22.9 Å². The van der Waals surface area contributed by atoms with E-state index in [1.165, 1.54) is 24.3 Å². The highest BCUT2D eigenvalue weighted by atomic mass is 79.9. The van der Waals surface area contributed by atoms with Crippen molar-refractivity contribution in [3.05, 3.63) is 64.1 Å². The molecule has 2 rings (SSSR count). The third-order valence-corrected chi connectivity index (χ3v) is 5.85. The van der Waals surface area contributed by atoms with Gasteiger partial charge in [0, 0.05) is 22.1 Å². The molecule has 0 aliphatic heterocycles. The molecule has 0 bridgehead atoms. The van der Waals surface area contributed by atoms with Crippen LogP contribution in [0.2, 0.25) is 0 Å². The molecule has 0 heterocycles. The van der Waals surface area contributed by atoms with Crippen molar-refractivity contribution in [1.82, 2.24) is 10.0 Å². The molecule has 0 saturated heterocycles. The zero-order chi connectivity index (χ0) is 19.3. The lowest BCUT2D eigenvalue weighted by Gasteiger charge is -2.15. The molecule has 1 atom stereocenters. The molecule has 2 aromatic carbocycles. The Hall–Kier alpha value is -1.70. The van der Waals surface area contributed by atoms with E-state index in [0.29, 0.717) is 12.0 Å². The Morgan fingerprint density at radius 2 is 1.58 bits per heavy atom. The average molecular weight is 439 g/mol. The number of hydrogen-bond donors (Lipinski definition) is 2. The maximum atomic E-state index is 12.4. The van der Waals surface area contributed by atoms with Gasteiger partial charge in [-0.3, -0.25) is 4.79 Å². The zero-order valence-corrected chi connectivity index (χ0v) is 17.4. The molecule has 0 aliphatic carbocycles. The molecule has 140 valence electrons. The van der Waals surface area contributed by atoms with Crippen molar-refractivity contribution in [2.45, 2.75) is 44.2 Å². The Morgan fingerprint density at radius 3 is 2.12 bits per heavy atom. The maximum absolute atomic E-state index is 12.4. The van der Waals surface area contributed by atoms with Crippen LogP contribution in [0.15, 0.2) is 57.9 Å². The van der Waals surface area contributed by atoms with Crippen molar-refractivity contribution in [3.8, 4) is 0 Å². The first-order valence-electron chi connectivity index (χ1n) is 8.35. The summed E-state index contributed by atoms with van der Waals surface area (Å²) in [4.78, 5) is 12.5. The van der Waals surface area contributed by atoms with Gasteiger partial charge in [0.2, 0.25) is 10.0 Å². The van der Waals surface area contributed by atoms with Crippen LogP contribution in [0, 0.1) is 0 Å². The molecule has 7 heteroatoms. The second kappa shape index (κ2) is 8.79. The fourth-order valence-corrected chi connectivity index (χ4v) is 4.01. The molecule has 0 saturated carbocycles. The molecule has 5 nitrogen and oxygen atoms in total. The highest BCUT2D eigenvalue weighted by molar-refractivity contribution is 9.10. The van der Waals surface area contributed by atoms with Crippen LogP contribution < -0.4 is 10.0 Å². The summed E-state index contributed by atoms with van der Waals surface area (Å²) < 4.78 is 27.8. The normalized spacial score (nSPS) is 12.8. The summed E-state index contributed by atoms with van der Waals surface area (Å²) >= 11 is 3.40. The van der Waals surface area contributed by atoms with Gasteiger partial charge in [-0.2, -0.15) is 0 Å². The highest BCUT2D eigenvalue weighted by Crippen LogP contribution is 2.13. The smallest absolute Gasteiger partial charge is 0.251 e. The minimum Gasteiger partial charge on any atom is -0.349 e. The predicted octanol–water partition coefficient (Wildman–Crippen LogP) is 3.50. The Kier molecular flexibility index (Phi) is 6.97. The fraction of sp³-hybridized carbons (Fsp3) is 0.316. The minimum absolute atomic E-state index is 0.0466. The van der Waals surface area contributed by atoms with Crippen LogP contribution in [0.4, 0.5) is 0 Å². The predicted molar refractivity (Wildman–Crippen MR) is 107 cm³/mol. The minimum atomic E-state index is -3.55. The van der Waals surface area contributed by atoms with Crippen LogP contribution in [-0.4, -0.2) is 26.4 Å². The summed E-state index contributed by atoms with van der Waals surface area (Å²) in [5, 5.41) is 2.93. The molecular weight excluding hydrogens is 416 g/mol. The maximum Gasteiger partial charge on any atom is 0.251 e. The van der Waals surface area contributed by atoms with Crippen LogP contribution in [0.25, 0.3) is 0 Å². The van der Waals surface area contributed by atoms with Crippen molar-refractivity contribution in [3.63, 3.8) is 0 Å². The largest absolute Gasteiger partial charge is 0.349 e. The SMILES string of the molecule is CC(C)NS(=O)(=O)c1ccc(C(=O)NC(C)Cc2ccc(Br)cc2)cc1. The first kappa shape index (κ1) is 20.6. The molecule has 2 aromatic rings. The highest BCUT2D eigenvalue weighted by Gasteiger charge is 2.16. The lowest BCUT2D eigenvalue weighted by molar-refractivity contribution is 0.0940. The molecule has 0 aliphatic rings. The first-order chi connectivity index (χ1) is 12.2. The van der Waals surface area contributed by atoms with E-state index in [4.69, 9.17) is 0 Å². The van der Waals surface area contributed by atoms with Gasteiger partial charge < -0.3 is 5.32 Å². The third kappa shape index (κ3) is 5.93. The van der Waals surface area contributed by atoms with Crippen LogP contribution in [0.3, 0.4) is 0 Å². The molecule has 1 unspecified atom stereocenters. The average Bonchev–Trinajstić information content (AvgIpc) is 2.56. The van der Waals surface area contributed by atoms with Gasteiger partial charge in [0.15, 0.2) is 0 Å². The Morgan fingerprint density at radius 1 is 1.00 bits per heavy atom. The van der Waals surface area contributed by atoms with Crippen molar-refractivity contribution in [1.29, 1.82) is 0 Å². The van der Waals surface area contributed by atoms with Crippen molar-refractivity contribution in [2.75, 3.05) is 0 Å². The second-order valence-corrected chi connectivity index (χ2v) is 9.14. The molecule has 0 spiro atoms. The number of rotatable bonds is 7. The lowest BCUT2D eigenvalue weighted by Crippen LogP contribution is -2.34. The number of carbonyl (C=O) groups excluding carboxylic acids is 1. The number of benzene rings is 2. The van der Waals surface area contributed by atoms with Crippen LogP contribution in [0.1, 0.15) is 36.7 Å². The monoisotopic (exact) mass is 438 g/mol. The van der Waals surface area contributed by atoms with Crippen LogP contribution in [-0.2, 0) is 16.4 Å². The van der Waals surface area contributed by atoms with Gasteiger partial charge in [-0.15, -0.1) is 0 Å². The van der Waals surface area contributed by atoms with E-state index < -0.39 is 10.0 Å². The number of nitrogens with one attached hydrogen (secondary N) is 2. The van der Waals surface area contributed by atoms with Gasteiger partial charge >= 0.3 is 0 Å². The lowest BCUT2D eigenvalue weighted by atomic mass is 10.1. The van der Waals surface area contributed by atoms with E-state index in [1.54, 1.807) is 13.8 Å². The molecule has 0 aromatic heterocycles. The van der Waals surface area contributed by atoms with Gasteiger partial charge in [-0.1, -0.05) is 28.1 Å². The topological polar surface area (TPSA) is 75.3 Å². The number of hydrogen-bond acceptors (Lipinski definition) is 3. The van der Waals surface area contributed by atoms with Gasteiger partial charge in [0.05, 0.1) is 4.90 Å². The summed E-state index contributed by atoms with van der Waals surface area (Å²) in [7, 11) is -3.55. The number of sulfonamides is 1. The van der Waals surface area contributed by atoms with Gasteiger partial charge in [0.25, 0.3) is 5.91 Å². The first-order valence-corrected chi connectivity index (χ1v) is 10.6. The molecule has 2 N–H and O–H groups in total. The summed E-state index contributed by atoms with van der Waals surface area (Å²) in [5.41, 5.74) is 1.55.